The monoisotopic (exact) mass is 404 g/mol. The van der Waals surface area contributed by atoms with E-state index < -0.39 is 0 Å². The zero-order valence-electron chi connectivity index (χ0n) is 17.7. The first-order chi connectivity index (χ1) is 14.5. The van der Waals surface area contributed by atoms with E-state index in [-0.39, 0.29) is 5.91 Å². The Kier molecular flexibility index (Phi) is 5.81. The van der Waals surface area contributed by atoms with Gasteiger partial charge in [-0.15, -0.1) is 0 Å². The average Bonchev–Trinajstić information content (AvgIpc) is 3.21. The minimum absolute atomic E-state index is 0.135. The first-order valence-electron chi connectivity index (χ1n) is 10.3. The molecule has 156 valence electrons. The first kappa shape index (κ1) is 20.1. The van der Waals surface area contributed by atoms with Crippen molar-refractivity contribution in [2.75, 3.05) is 37.4 Å². The number of anilines is 2. The summed E-state index contributed by atoms with van der Waals surface area (Å²) in [7, 11) is 4.33. The van der Waals surface area contributed by atoms with Gasteiger partial charge in [-0.25, -0.2) is 4.98 Å². The van der Waals surface area contributed by atoms with Crippen LogP contribution in [-0.2, 0) is 0 Å². The highest BCUT2D eigenvalue weighted by atomic mass is 16.1. The van der Waals surface area contributed by atoms with Crippen LogP contribution >= 0.6 is 0 Å². The number of hydrogen-bond donors (Lipinski definition) is 2. The highest BCUT2D eigenvalue weighted by Gasteiger charge is 2.20. The zero-order valence-corrected chi connectivity index (χ0v) is 17.7. The van der Waals surface area contributed by atoms with Crippen molar-refractivity contribution >= 4 is 17.3 Å². The lowest BCUT2D eigenvalue weighted by molar-refractivity contribution is 0.102. The lowest BCUT2D eigenvalue weighted by Gasteiger charge is -2.36. The molecule has 1 fully saturated rings. The van der Waals surface area contributed by atoms with Gasteiger partial charge in [0.15, 0.2) is 5.82 Å². The molecular weight excluding hydrogens is 376 g/mol. The molecule has 0 unspecified atom stereocenters. The van der Waals surface area contributed by atoms with Crippen molar-refractivity contribution in [2.45, 2.75) is 25.8 Å². The molecule has 0 saturated carbocycles. The maximum Gasteiger partial charge on any atom is 0.255 e. The number of piperidine rings is 1. The molecule has 1 saturated heterocycles. The third-order valence-electron chi connectivity index (χ3n) is 5.77. The van der Waals surface area contributed by atoms with Gasteiger partial charge in [0.1, 0.15) is 5.82 Å². The minimum Gasteiger partial charge on any atom is -0.372 e. The third-order valence-corrected chi connectivity index (χ3v) is 5.77. The molecule has 0 atom stereocenters. The molecule has 2 heterocycles. The first-order valence-corrected chi connectivity index (χ1v) is 10.3. The van der Waals surface area contributed by atoms with E-state index in [4.69, 9.17) is 0 Å². The number of benzene rings is 2. The van der Waals surface area contributed by atoms with Gasteiger partial charge in [0.25, 0.3) is 5.91 Å². The Labute approximate surface area is 177 Å². The summed E-state index contributed by atoms with van der Waals surface area (Å²) in [5.41, 5.74) is 3.43. The largest absolute Gasteiger partial charge is 0.372 e. The van der Waals surface area contributed by atoms with E-state index in [9.17, 15) is 4.79 Å². The van der Waals surface area contributed by atoms with Crippen LogP contribution < -0.4 is 10.2 Å². The van der Waals surface area contributed by atoms with Crippen LogP contribution in [-0.4, -0.2) is 59.2 Å². The third kappa shape index (κ3) is 4.52. The molecule has 1 aromatic heterocycles. The minimum atomic E-state index is -0.135. The molecule has 7 nitrogen and oxygen atoms in total. The second kappa shape index (κ2) is 8.67. The van der Waals surface area contributed by atoms with Crippen molar-refractivity contribution in [1.29, 1.82) is 0 Å². The standard InChI is InChI=1S/C23H28N6O/c1-16-24-22(27-26-16)17-4-6-18(7-5-17)23(30)25-19-8-10-20(11-9-19)29(3)21-12-14-28(2)15-13-21/h4-11,21H,12-15H2,1-3H3,(H,25,30)(H,24,26,27). The number of carbonyl (C=O) groups excluding carboxylic acids is 1. The Morgan fingerprint density at radius 3 is 2.37 bits per heavy atom. The van der Waals surface area contributed by atoms with Gasteiger partial charge < -0.3 is 15.1 Å². The smallest absolute Gasteiger partial charge is 0.255 e. The Bertz CT molecular complexity index is 987. The Morgan fingerprint density at radius 1 is 1.10 bits per heavy atom. The Hall–Kier alpha value is -3.19. The quantitative estimate of drug-likeness (QED) is 0.680. The van der Waals surface area contributed by atoms with E-state index in [2.05, 4.69) is 56.5 Å². The number of likely N-dealkylation sites (tertiary alicyclic amines) is 1. The lowest BCUT2D eigenvalue weighted by Crippen LogP contribution is -2.41. The van der Waals surface area contributed by atoms with Crippen LogP contribution in [0.4, 0.5) is 11.4 Å². The molecule has 1 aliphatic rings. The maximum atomic E-state index is 12.6. The molecule has 4 rings (SSSR count). The van der Waals surface area contributed by atoms with Crippen LogP contribution in [0.5, 0.6) is 0 Å². The van der Waals surface area contributed by atoms with Crippen molar-refractivity contribution in [3.8, 4) is 11.4 Å². The summed E-state index contributed by atoms with van der Waals surface area (Å²) >= 11 is 0. The molecule has 0 aliphatic carbocycles. The number of carbonyl (C=O) groups is 1. The fourth-order valence-corrected chi connectivity index (χ4v) is 3.82. The molecule has 0 spiro atoms. The van der Waals surface area contributed by atoms with Crippen LogP contribution in [0, 0.1) is 6.92 Å². The number of amides is 1. The van der Waals surface area contributed by atoms with Crippen molar-refractivity contribution in [3.05, 3.63) is 59.9 Å². The van der Waals surface area contributed by atoms with E-state index in [1.165, 1.54) is 18.5 Å². The van der Waals surface area contributed by atoms with E-state index >= 15 is 0 Å². The number of aromatic nitrogens is 3. The molecular formula is C23H28N6O. The number of aromatic amines is 1. The van der Waals surface area contributed by atoms with Crippen molar-refractivity contribution in [2.24, 2.45) is 0 Å². The number of rotatable bonds is 5. The molecule has 2 aromatic carbocycles. The summed E-state index contributed by atoms with van der Waals surface area (Å²) in [6, 6.07) is 15.9. The summed E-state index contributed by atoms with van der Waals surface area (Å²) in [4.78, 5) is 21.6. The van der Waals surface area contributed by atoms with Gasteiger partial charge in [0.05, 0.1) is 0 Å². The van der Waals surface area contributed by atoms with Crippen LogP contribution in [0.2, 0.25) is 0 Å². The highest BCUT2D eigenvalue weighted by molar-refractivity contribution is 6.04. The lowest BCUT2D eigenvalue weighted by atomic mass is 10.0. The van der Waals surface area contributed by atoms with Crippen molar-refractivity contribution in [1.82, 2.24) is 20.1 Å². The normalized spacial score (nSPS) is 15.2. The fraction of sp³-hybridized carbons (Fsp3) is 0.348. The van der Waals surface area contributed by atoms with Gasteiger partial charge in [-0.3, -0.25) is 9.89 Å². The molecule has 1 amide bonds. The summed E-state index contributed by atoms with van der Waals surface area (Å²) < 4.78 is 0. The van der Waals surface area contributed by atoms with Crippen molar-refractivity contribution in [3.63, 3.8) is 0 Å². The van der Waals surface area contributed by atoms with Gasteiger partial charge >= 0.3 is 0 Å². The second-order valence-corrected chi connectivity index (χ2v) is 7.97. The van der Waals surface area contributed by atoms with E-state index in [1.807, 2.05) is 31.2 Å². The van der Waals surface area contributed by atoms with Gasteiger partial charge in [-0.1, -0.05) is 12.1 Å². The molecule has 3 aromatic rings. The van der Waals surface area contributed by atoms with Gasteiger partial charge in [0, 0.05) is 35.6 Å². The number of nitrogens with zero attached hydrogens (tertiary/aromatic N) is 4. The maximum absolute atomic E-state index is 12.6. The predicted octanol–water partition coefficient (Wildman–Crippen LogP) is 3.56. The summed E-state index contributed by atoms with van der Waals surface area (Å²) in [6.07, 6.45) is 2.35. The van der Waals surface area contributed by atoms with Gasteiger partial charge in [-0.2, -0.15) is 5.10 Å². The van der Waals surface area contributed by atoms with E-state index in [0.29, 0.717) is 17.4 Å². The van der Waals surface area contributed by atoms with Crippen LogP contribution in [0.15, 0.2) is 48.5 Å². The molecule has 2 N–H and O–H groups in total. The highest BCUT2D eigenvalue weighted by Crippen LogP contribution is 2.24. The SMILES string of the molecule is Cc1nc(-c2ccc(C(=O)Nc3ccc(N(C)C4CCN(C)CC4)cc3)cc2)n[nH]1. The zero-order chi connectivity index (χ0) is 21.1. The molecule has 7 heteroatoms. The van der Waals surface area contributed by atoms with Crippen molar-refractivity contribution < 1.29 is 4.79 Å². The van der Waals surface area contributed by atoms with Crippen LogP contribution in [0.1, 0.15) is 29.0 Å². The summed E-state index contributed by atoms with van der Waals surface area (Å²) in [5, 5.41) is 9.94. The topological polar surface area (TPSA) is 77.2 Å². The van der Waals surface area contributed by atoms with Crippen LogP contribution in [0.25, 0.3) is 11.4 Å². The number of aryl methyl sites for hydroxylation is 1. The molecule has 30 heavy (non-hydrogen) atoms. The fourth-order valence-electron chi connectivity index (χ4n) is 3.82. The van der Waals surface area contributed by atoms with Crippen LogP contribution in [0.3, 0.4) is 0 Å². The molecule has 0 radical (unpaired) electrons. The molecule has 1 aliphatic heterocycles. The van der Waals surface area contributed by atoms with Gasteiger partial charge in [0.2, 0.25) is 0 Å². The average molecular weight is 405 g/mol. The van der Waals surface area contributed by atoms with Gasteiger partial charge in [-0.05, 0) is 76.3 Å². The van der Waals surface area contributed by atoms with E-state index in [0.717, 1.165) is 30.2 Å². The second-order valence-electron chi connectivity index (χ2n) is 7.97. The predicted molar refractivity (Wildman–Crippen MR) is 120 cm³/mol. The Morgan fingerprint density at radius 2 is 1.77 bits per heavy atom. The Balaban J connectivity index is 1.37. The number of hydrogen-bond acceptors (Lipinski definition) is 5. The number of H-pyrrole nitrogens is 1. The number of nitrogens with one attached hydrogen (secondary N) is 2. The summed E-state index contributed by atoms with van der Waals surface area (Å²) in [6.45, 7) is 4.13. The van der Waals surface area contributed by atoms with E-state index in [1.54, 1.807) is 12.1 Å². The molecule has 0 bridgehead atoms. The summed E-state index contributed by atoms with van der Waals surface area (Å²) in [5.74, 6) is 1.25.